The number of nitrogens with zero attached hydrogens (tertiary/aromatic N) is 1. The molecular formula is C13H20N2O2. The van der Waals surface area contributed by atoms with Crippen LogP contribution in [-0.2, 0) is 11.3 Å². The van der Waals surface area contributed by atoms with E-state index in [9.17, 15) is 4.79 Å². The molecule has 94 valence electrons. The number of hydrogen-bond donors (Lipinski definition) is 1. The van der Waals surface area contributed by atoms with Crippen molar-refractivity contribution >= 4 is 5.91 Å². The first-order valence-electron chi connectivity index (χ1n) is 5.78. The highest BCUT2D eigenvalue weighted by Crippen LogP contribution is 2.17. The number of likely N-dealkylation sites (N-methyl/N-ethyl adjacent to an activating group) is 1. The molecule has 0 aliphatic heterocycles. The molecule has 1 rings (SSSR count). The summed E-state index contributed by atoms with van der Waals surface area (Å²) in [4.78, 5) is 13.2. The van der Waals surface area contributed by atoms with Gasteiger partial charge in [0.2, 0.25) is 0 Å². The van der Waals surface area contributed by atoms with E-state index >= 15 is 0 Å². The zero-order valence-electron chi connectivity index (χ0n) is 10.7. The summed E-state index contributed by atoms with van der Waals surface area (Å²) in [5.41, 5.74) is 1.06. The lowest BCUT2D eigenvalue weighted by atomic mass is 10.2. The number of ether oxygens (including phenoxy) is 1. The topological polar surface area (TPSA) is 41.6 Å². The van der Waals surface area contributed by atoms with Crippen molar-refractivity contribution in [3.05, 3.63) is 29.8 Å². The fourth-order valence-corrected chi connectivity index (χ4v) is 1.41. The van der Waals surface area contributed by atoms with E-state index < -0.39 is 0 Å². The van der Waals surface area contributed by atoms with Crippen LogP contribution in [0.25, 0.3) is 0 Å². The highest BCUT2D eigenvalue weighted by atomic mass is 16.5. The average Bonchev–Trinajstić information content (AvgIpc) is 2.36. The number of nitrogens with one attached hydrogen (secondary N) is 1. The van der Waals surface area contributed by atoms with Crippen LogP contribution in [0.5, 0.6) is 5.75 Å². The molecule has 1 amide bonds. The lowest BCUT2D eigenvalue weighted by Gasteiger charge is -2.16. The van der Waals surface area contributed by atoms with Gasteiger partial charge in [-0.1, -0.05) is 18.2 Å². The van der Waals surface area contributed by atoms with Gasteiger partial charge in [0.1, 0.15) is 5.75 Å². The van der Waals surface area contributed by atoms with E-state index in [1.54, 1.807) is 11.9 Å². The lowest BCUT2D eigenvalue weighted by Crippen LogP contribution is -2.31. The minimum atomic E-state index is -0.00763. The van der Waals surface area contributed by atoms with E-state index in [0.717, 1.165) is 17.9 Å². The molecule has 0 aliphatic rings. The SMILES string of the molecule is CCN(C)C(=O)COc1ccccc1CNC. The van der Waals surface area contributed by atoms with Crippen LogP contribution in [0.1, 0.15) is 12.5 Å². The number of rotatable bonds is 6. The van der Waals surface area contributed by atoms with Crippen molar-refractivity contribution in [2.45, 2.75) is 13.5 Å². The second-order valence-corrected chi connectivity index (χ2v) is 3.83. The third-order valence-corrected chi connectivity index (χ3v) is 2.59. The van der Waals surface area contributed by atoms with Crippen LogP contribution >= 0.6 is 0 Å². The standard InChI is InChI=1S/C13H20N2O2/c1-4-15(3)13(16)10-17-12-8-6-5-7-11(12)9-14-2/h5-8,14H,4,9-10H2,1-3H3. The van der Waals surface area contributed by atoms with Crippen LogP contribution in [0.3, 0.4) is 0 Å². The molecule has 4 heteroatoms. The van der Waals surface area contributed by atoms with Crippen LogP contribution in [0.4, 0.5) is 0 Å². The Hall–Kier alpha value is -1.55. The second-order valence-electron chi connectivity index (χ2n) is 3.83. The number of benzene rings is 1. The van der Waals surface area contributed by atoms with E-state index in [1.807, 2.05) is 38.2 Å². The molecule has 0 saturated heterocycles. The molecule has 0 fully saturated rings. The molecule has 0 aromatic heterocycles. The van der Waals surface area contributed by atoms with E-state index in [0.29, 0.717) is 6.54 Å². The van der Waals surface area contributed by atoms with E-state index in [-0.39, 0.29) is 12.5 Å². The summed E-state index contributed by atoms with van der Waals surface area (Å²) in [7, 11) is 3.65. The van der Waals surface area contributed by atoms with Crippen molar-refractivity contribution in [1.29, 1.82) is 0 Å². The maximum Gasteiger partial charge on any atom is 0.260 e. The molecule has 0 spiro atoms. The van der Waals surface area contributed by atoms with Crippen molar-refractivity contribution in [2.75, 3.05) is 27.2 Å². The molecule has 0 unspecified atom stereocenters. The number of hydrogen-bond acceptors (Lipinski definition) is 3. The minimum absolute atomic E-state index is 0.00763. The smallest absolute Gasteiger partial charge is 0.260 e. The third-order valence-electron chi connectivity index (χ3n) is 2.59. The van der Waals surface area contributed by atoms with Crippen LogP contribution in [0, 0.1) is 0 Å². The van der Waals surface area contributed by atoms with Crippen molar-refractivity contribution in [1.82, 2.24) is 10.2 Å². The zero-order chi connectivity index (χ0) is 12.7. The molecule has 0 radical (unpaired) electrons. The molecule has 0 saturated carbocycles. The number of amides is 1. The molecule has 0 heterocycles. The molecule has 1 aromatic carbocycles. The lowest BCUT2D eigenvalue weighted by molar-refractivity contribution is -0.131. The molecule has 4 nitrogen and oxygen atoms in total. The van der Waals surface area contributed by atoms with Gasteiger partial charge in [0, 0.05) is 25.7 Å². The van der Waals surface area contributed by atoms with Gasteiger partial charge >= 0.3 is 0 Å². The van der Waals surface area contributed by atoms with Gasteiger partial charge in [-0.15, -0.1) is 0 Å². The second kappa shape index (κ2) is 6.91. The van der Waals surface area contributed by atoms with Gasteiger partial charge in [-0.05, 0) is 20.0 Å². The molecule has 17 heavy (non-hydrogen) atoms. The van der Waals surface area contributed by atoms with Crippen molar-refractivity contribution < 1.29 is 9.53 Å². The van der Waals surface area contributed by atoms with Gasteiger partial charge in [0.25, 0.3) is 5.91 Å². The normalized spacial score (nSPS) is 10.1. The maximum absolute atomic E-state index is 11.6. The number of carbonyl (C=O) groups excluding carboxylic acids is 1. The molecule has 1 N–H and O–H groups in total. The van der Waals surface area contributed by atoms with Crippen molar-refractivity contribution in [3.63, 3.8) is 0 Å². The zero-order valence-corrected chi connectivity index (χ0v) is 10.7. The van der Waals surface area contributed by atoms with Gasteiger partial charge in [0.15, 0.2) is 6.61 Å². The Morgan fingerprint density at radius 3 is 2.76 bits per heavy atom. The minimum Gasteiger partial charge on any atom is -0.483 e. The first-order chi connectivity index (χ1) is 8.19. The predicted octanol–water partition coefficient (Wildman–Crippen LogP) is 1.26. The van der Waals surface area contributed by atoms with Crippen molar-refractivity contribution in [2.24, 2.45) is 0 Å². The Morgan fingerprint density at radius 2 is 2.12 bits per heavy atom. The summed E-state index contributed by atoms with van der Waals surface area (Å²) < 4.78 is 5.54. The molecule has 0 atom stereocenters. The Balaban J connectivity index is 2.59. The van der Waals surface area contributed by atoms with Crippen LogP contribution in [-0.4, -0.2) is 38.1 Å². The van der Waals surface area contributed by atoms with Crippen LogP contribution in [0.15, 0.2) is 24.3 Å². The fourth-order valence-electron chi connectivity index (χ4n) is 1.41. The first kappa shape index (κ1) is 13.5. The third kappa shape index (κ3) is 4.07. The van der Waals surface area contributed by atoms with Gasteiger partial charge in [-0.2, -0.15) is 0 Å². The summed E-state index contributed by atoms with van der Waals surface area (Å²) in [6, 6.07) is 7.73. The monoisotopic (exact) mass is 236 g/mol. The van der Waals surface area contributed by atoms with Gasteiger partial charge in [-0.3, -0.25) is 4.79 Å². The summed E-state index contributed by atoms with van der Waals surface area (Å²) in [6.07, 6.45) is 0. The van der Waals surface area contributed by atoms with E-state index in [4.69, 9.17) is 4.74 Å². The van der Waals surface area contributed by atoms with Gasteiger partial charge < -0.3 is 15.0 Å². The van der Waals surface area contributed by atoms with Gasteiger partial charge in [0.05, 0.1) is 0 Å². The van der Waals surface area contributed by atoms with Gasteiger partial charge in [-0.25, -0.2) is 0 Å². The Labute approximate surface area is 103 Å². The molecule has 1 aromatic rings. The Bertz CT molecular complexity index is 366. The fraction of sp³-hybridized carbons (Fsp3) is 0.462. The Morgan fingerprint density at radius 1 is 1.41 bits per heavy atom. The van der Waals surface area contributed by atoms with Crippen LogP contribution in [0.2, 0.25) is 0 Å². The van der Waals surface area contributed by atoms with Crippen LogP contribution < -0.4 is 10.1 Å². The number of carbonyl (C=O) groups is 1. The molecule has 0 bridgehead atoms. The Kier molecular flexibility index (Phi) is 5.49. The highest BCUT2D eigenvalue weighted by molar-refractivity contribution is 5.77. The summed E-state index contributed by atoms with van der Waals surface area (Å²) in [6.45, 7) is 3.45. The first-order valence-corrected chi connectivity index (χ1v) is 5.78. The van der Waals surface area contributed by atoms with E-state index in [1.165, 1.54) is 0 Å². The number of para-hydroxylation sites is 1. The summed E-state index contributed by atoms with van der Waals surface area (Å²) in [5, 5.41) is 3.07. The average molecular weight is 236 g/mol. The van der Waals surface area contributed by atoms with Crippen molar-refractivity contribution in [3.8, 4) is 5.75 Å². The van der Waals surface area contributed by atoms with E-state index in [2.05, 4.69) is 5.32 Å². The largest absolute Gasteiger partial charge is 0.483 e. The predicted molar refractivity (Wildman–Crippen MR) is 68.0 cm³/mol. The quantitative estimate of drug-likeness (QED) is 0.808. The highest BCUT2D eigenvalue weighted by Gasteiger charge is 2.08. The summed E-state index contributed by atoms with van der Waals surface area (Å²) in [5.74, 6) is 0.756. The molecule has 0 aliphatic carbocycles. The maximum atomic E-state index is 11.6. The molecular weight excluding hydrogens is 216 g/mol. The summed E-state index contributed by atoms with van der Waals surface area (Å²) >= 11 is 0.